The van der Waals surface area contributed by atoms with Gasteiger partial charge in [0, 0.05) is 50.2 Å². The predicted octanol–water partition coefficient (Wildman–Crippen LogP) is 1.95. The Morgan fingerprint density at radius 1 is 1.22 bits per heavy atom. The highest BCUT2D eigenvalue weighted by atomic mass is 32.1. The van der Waals surface area contributed by atoms with Crippen LogP contribution in [0, 0.1) is 0 Å². The summed E-state index contributed by atoms with van der Waals surface area (Å²) >= 11 is 1.50. The van der Waals surface area contributed by atoms with Crippen LogP contribution in [-0.4, -0.2) is 49.1 Å². The first-order valence-corrected chi connectivity index (χ1v) is 9.64. The predicted molar refractivity (Wildman–Crippen MR) is 101 cm³/mol. The third-order valence-corrected chi connectivity index (χ3v) is 5.71. The molecule has 140 valence electrons. The molecule has 0 atom stereocenters. The lowest BCUT2D eigenvalue weighted by molar-refractivity contribution is -0.126. The van der Waals surface area contributed by atoms with E-state index in [1.807, 2.05) is 26.3 Å². The summed E-state index contributed by atoms with van der Waals surface area (Å²) in [6, 6.07) is 3.59. The fourth-order valence-corrected chi connectivity index (χ4v) is 4.11. The van der Waals surface area contributed by atoms with Crippen LogP contribution in [0.2, 0.25) is 0 Å². The maximum atomic E-state index is 13.2. The quantitative estimate of drug-likeness (QED) is 0.745. The van der Waals surface area contributed by atoms with Crippen LogP contribution >= 0.6 is 11.3 Å². The molecule has 9 heteroatoms. The molecule has 3 aromatic heterocycles. The van der Waals surface area contributed by atoms with Crippen LogP contribution < -0.4 is 5.32 Å². The van der Waals surface area contributed by atoms with Crippen LogP contribution in [0.1, 0.15) is 23.2 Å². The van der Waals surface area contributed by atoms with Gasteiger partial charge in [0.25, 0.3) is 11.8 Å². The van der Waals surface area contributed by atoms with Crippen LogP contribution in [0.5, 0.6) is 0 Å². The summed E-state index contributed by atoms with van der Waals surface area (Å²) in [5, 5.41) is 10.9. The molecule has 3 aromatic rings. The monoisotopic (exact) mass is 384 g/mol. The van der Waals surface area contributed by atoms with Crippen LogP contribution in [0.15, 0.2) is 47.8 Å². The summed E-state index contributed by atoms with van der Waals surface area (Å²) in [5.41, 5.74) is -0.0903. The number of aryl methyl sites for hydroxylation is 1. The molecule has 2 amide bonds. The number of piperidine rings is 1. The van der Waals surface area contributed by atoms with Gasteiger partial charge in [0.15, 0.2) is 5.82 Å². The molecular weight excluding hydrogens is 364 g/mol. The normalized spacial score (nSPS) is 16.3. The molecule has 1 fully saturated rings. The van der Waals surface area contributed by atoms with Crippen molar-refractivity contribution in [1.82, 2.24) is 24.2 Å². The highest BCUT2D eigenvalue weighted by molar-refractivity contribution is 7.08. The standard InChI is InChI=1S/C18H20N6O2S/c1-22-7-2-15(21-22)20-17(26)18(24-10-6-19-13-24)4-8-23(9-5-18)16(25)14-3-11-27-12-14/h2-3,6-7,10-13H,4-5,8-9H2,1H3,(H,20,21,26). The van der Waals surface area contributed by atoms with Gasteiger partial charge < -0.3 is 14.8 Å². The zero-order valence-corrected chi connectivity index (χ0v) is 15.7. The molecular formula is C18H20N6O2S. The number of anilines is 1. The number of aromatic nitrogens is 4. The van der Waals surface area contributed by atoms with Gasteiger partial charge in [-0.25, -0.2) is 4.98 Å². The van der Waals surface area contributed by atoms with Gasteiger partial charge in [-0.15, -0.1) is 0 Å². The third-order valence-electron chi connectivity index (χ3n) is 5.02. The second kappa shape index (κ2) is 6.99. The van der Waals surface area contributed by atoms with Gasteiger partial charge in [0.2, 0.25) is 0 Å². The number of hydrogen-bond donors (Lipinski definition) is 1. The summed E-state index contributed by atoms with van der Waals surface area (Å²) in [6.45, 7) is 1.00. The van der Waals surface area contributed by atoms with Crippen molar-refractivity contribution in [3.63, 3.8) is 0 Å². The Balaban J connectivity index is 1.54. The number of rotatable bonds is 4. The Labute approximate surface area is 160 Å². The molecule has 1 saturated heterocycles. The molecule has 0 unspecified atom stereocenters. The minimum absolute atomic E-state index is 0.0145. The summed E-state index contributed by atoms with van der Waals surface area (Å²) in [5.74, 6) is 0.390. The number of carbonyl (C=O) groups is 2. The largest absolute Gasteiger partial charge is 0.338 e. The zero-order chi connectivity index (χ0) is 18.9. The van der Waals surface area contributed by atoms with Crippen molar-refractivity contribution in [1.29, 1.82) is 0 Å². The molecule has 0 aliphatic carbocycles. The molecule has 1 aliphatic heterocycles. The SMILES string of the molecule is Cn1ccc(NC(=O)C2(n3ccnc3)CCN(C(=O)c3ccsc3)CC2)n1. The second-order valence-electron chi connectivity index (χ2n) is 6.63. The molecule has 0 spiro atoms. The van der Waals surface area contributed by atoms with E-state index in [4.69, 9.17) is 0 Å². The van der Waals surface area contributed by atoms with Gasteiger partial charge in [-0.05, 0) is 24.3 Å². The molecule has 1 aliphatic rings. The Bertz CT molecular complexity index is 923. The first kappa shape index (κ1) is 17.5. The number of carbonyl (C=O) groups excluding carboxylic acids is 2. The Morgan fingerprint density at radius 2 is 2.04 bits per heavy atom. The average Bonchev–Trinajstić information content (AvgIpc) is 3.44. The first-order chi connectivity index (χ1) is 13.1. The van der Waals surface area contributed by atoms with Crippen molar-refractivity contribution in [2.24, 2.45) is 7.05 Å². The third kappa shape index (κ3) is 3.25. The first-order valence-electron chi connectivity index (χ1n) is 8.69. The smallest absolute Gasteiger partial charge is 0.254 e. The van der Waals surface area contributed by atoms with Gasteiger partial charge in [-0.2, -0.15) is 16.4 Å². The number of thiophene rings is 1. The average molecular weight is 384 g/mol. The number of imidazole rings is 1. The maximum Gasteiger partial charge on any atom is 0.254 e. The summed E-state index contributed by atoms with van der Waals surface area (Å²) in [6.07, 6.45) is 7.93. The number of nitrogens with zero attached hydrogens (tertiary/aromatic N) is 5. The molecule has 0 aromatic carbocycles. The minimum atomic E-state index is -0.792. The Kier molecular flexibility index (Phi) is 4.53. The van der Waals surface area contributed by atoms with E-state index in [0.29, 0.717) is 37.3 Å². The van der Waals surface area contributed by atoms with E-state index in [-0.39, 0.29) is 11.8 Å². The molecule has 0 bridgehead atoms. The summed E-state index contributed by atoms with van der Waals surface area (Å²) in [7, 11) is 1.80. The fraction of sp³-hybridized carbons (Fsp3) is 0.333. The van der Waals surface area contributed by atoms with Crippen LogP contribution in [0.3, 0.4) is 0 Å². The van der Waals surface area contributed by atoms with Crippen molar-refractivity contribution in [2.45, 2.75) is 18.4 Å². The van der Waals surface area contributed by atoms with Gasteiger partial charge in [0.05, 0.1) is 11.9 Å². The lowest BCUT2D eigenvalue weighted by atomic mass is 9.85. The van der Waals surface area contributed by atoms with Crippen molar-refractivity contribution in [2.75, 3.05) is 18.4 Å². The molecule has 1 N–H and O–H groups in total. The van der Waals surface area contributed by atoms with Crippen molar-refractivity contribution < 1.29 is 9.59 Å². The lowest BCUT2D eigenvalue weighted by Gasteiger charge is -2.41. The topological polar surface area (TPSA) is 85.0 Å². The molecule has 27 heavy (non-hydrogen) atoms. The molecule has 0 radical (unpaired) electrons. The number of hydrogen-bond acceptors (Lipinski definition) is 5. The lowest BCUT2D eigenvalue weighted by Crippen LogP contribution is -2.54. The molecule has 0 saturated carbocycles. The maximum absolute atomic E-state index is 13.2. The second-order valence-corrected chi connectivity index (χ2v) is 7.41. The van der Waals surface area contributed by atoms with Crippen molar-refractivity contribution in [3.05, 3.63) is 53.4 Å². The Morgan fingerprint density at radius 3 is 2.63 bits per heavy atom. The van der Waals surface area contributed by atoms with E-state index in [1.165, 1.54) is 11.3 Å². The summed E-state index contributed by atoms with van der Waals surface area (Å²) in [4.78, 5) is 31.7. The zero-order valence-electron chi connectivity index (χ0n) is 14.9. The van der Waals surface area contributed by atoms with Gasteiger partial charge in [-0.1, -0.05) is 0 Å². The number of likely N-dealkylation sites (tertiary alicyclic amines) is 1. The van der Waals surface area contributed by atoms with Gasteiger partial charge in [-0.3, -0.25) is 14.3 Å². The van der Waals surface area contributed by atoms with E-state index in [2.05, 4.69) is 15.4 Å². The van der Waals surface area contributed by atoms with Crippen LogP contribution in [-0.2, 0) is 17.4 Å². The van der Waals surface area contributed by atoms with E-state index in [9.17, 15) is 9.59 Å². The Hall–Kier alpha value is -2.94. The fourth-order valence-electron chi connectivity index (χ4n) is 3.48. The van der Waals surface area contributed by atoms with Crippen LogP contribution in [0.25, 0.3) is 0 Å². The summed E-state index contributed by atoms with van der Waals surface area (Å²) < 4.78 is 3.49. The highest BCUT2D eigenvalue weighted by Gasteiger charge is 2.44. The van der Waals surface area contributed by atoms with Crippen molar-refractivity contribution in [3.8, 4) is 0 Å². The van der Waals surface area contributed by atoms with E-state index in [1.54, 1.807) is 42.7 Å². The van der Waals surface area contributed by atoms with E-state index < -0.39 is 5.54 Å². The van der Waals surface area contributed by atoms with Crippen molar-refractivity contribution >= 4 is 29.0 Å². The van der Waals surface area contributed by atoms with E-state index >= 15 is 0 Å². The number of amides is 2. The van der Waals surface area contributed by atoms with Gasteiger partial charge in [0.1, 0.15) is 5.54 Å². The molecule has 4 heterocycles. The van der Waals surface area contributed by atoms with E-state index in [0.717, 1.165) is 0 Å². The number of nitrogens with one attached hydrogen (secondary N) is 1. The molecule has 4 rings (SSSR count). The highest BCUT2D eigenvalue weighted by Crippen LogP contribution is 2.32. The van der Waals surface area contributed by atoms with Gasteiger partial charge >= 0.3 is 0 Å². The minimum Gasteiger partial charge on any atom is -0.338 e. The molecule has 8 nitrogen and oxygen atoms in total. The van der Waals surface area contributed by atoms with Crippen LogP contribution in [0.4, 0.5) is 5.82 Å².